The molecule has 2 heterocycles. The third kappa shape index (κ3) is 2.03. The molecule has 1 atom stereocenters. The highest BCUT2D eigenvalue weighted by atomic mass is 15.3. The van der Waals surface area contributed by atoms with Crippen LogP contribution in [0.2, 0.25) is 0 Å². The molecule has 0 amide bonds. The van der Waals surface area contributed by atoms with Crippen molar-refractivity contribution >= 4 is 5.82 Å². The predicted molar refractivity (Wildman–Crippen MR) is 62.0 cm³/mol. The smallest absolute Gasteiger partial charge is 0.154 e. The summed E-state index contributed by atoms with van der Waals surface area (Å²) in [5, 5.41) is 11.2. The standard InChI is InChI=1S/C11H15N5/c1-8-5-4-6-12-10(8)14-9(2)11-15-13-7-16(11)3/h4-7,9H,1-3H3,(H,12,14). The zero-order valence-electron chi connectivity index (χ0n) is 9.68. The lowest BCUT2D eigenvalue weighted by atomic mass is 10.2. The van der Waals surface area contributed by atoms with Gasteiger partial charge in [-0.25, -0.2) is 4.98 Å². The number of hydrogen-bond donors (Lipinski definition) is 1. The SMILES string of the molecule is Cc1cccnc1NC(C)c1nncn1C. The zero-order chi connectivity index (χ0) is 11.5. The van der Waals surface area contributed by atoms with Gasteiger partial charge in [0.25, 0.3) is 0 Å². The molecule has 5 heteroatoms. The van der Waals surface area contributed by atoms with Gasteiger partial charge in [0, 0.05) is 13.2 Å². The van der Waals surface area contributed by atoms with Crippen LogP contribution in [0.25, 0.3) is 0 Å². The lowest BCUT2D eigenvalue weighted by molar-refractivity contribution is 0.716. The van der Waals surface area contributed by atoms with Crippen LogP contribution in [0.4, 0.5) is 5.82 Å². The minimum absolute atomic E-state index is 0.0844. The molecule has 2 aromatic heterocycles. The second-order valence-electron chi connectivity index (χ2n) is 3.83. The van der Waals surface area contributed by atoms with Crippen molar-refractivity contribution in [3.63, 3.8) is 0 Å². The topological polar surface area (TPSA) is 55.6 Å². The number of aryl methyl sites for hydroxylation is 2. The number of nitrogens with zero attached hydrogens (tertiary/aromatic N) is 4. The van der Waals surface area contributed by atoms with E-state index in [0.29, 0.717) is 0 Å². The van der Waals surface area contributed by atoms with Crippen molar-refractivity contribution in [2.75, 3.05) is 5.32 Å². The van der Waals surface area contributed by atoms with Crippen molar-refractivity contribution in [3.05, 3.63) is 36.0 Å². The summed E-state index contributed by atoms with van der Waals surface area (Å²) in [5.74, 6) is 1.78. The van der Waals surface area contributed by atoms with Crippen molar-refractivity contribution in [2.45, 2.75) is 19.9 Å². The fourth-order valence-corrected chi connectivity index (χ4v) is 1.59. The number of aromatic nitrogens is 4. The van der Waals surface area contributed by atoms with Crippen molar-refractivity contribution in [2.24, 2.45) is 7.05 Å². The van der Waals surface area contributed by atoms with Crippen molar-refractivity contribution < 1.29 is 0 Å². The number of anilines is 1. The van der Waals surface area contributed by atoms with E-state index < -0.39 is 0 Å². The summed E-state index contributed by atoms with van der Waals surface area (Å²) in [4.78, 5) is 4.29. The van der Waals surface area contributed by atoms with Crippen LogP contribution in [-0.2, 0) is 7.05 Å². The molecule has 0 spiro atoms. The Labute approximate surface area is 94.5 Å². The Morgan fingerprint density at radius 2 is 2.25 bits per heavy atom. The van der Waals surface area contributed by atoms with Crippen LogP contribution in [0.3, 0.4) is 0 Å². The van der Waals surface area contributed by atoms with Gasteiger partial charge < -0.3 is 9.88 Å². The molecule has 0 aliphatic heterocycles. The molecular weight excluding hydrogens is 202 g/mol. The lowest BCUT2D eigenvalue weighted by Crippen LogP contribution is -2.13. The van der Waals surface area contributed by atoms with Gasteiger partial charge in [-0.05, 0) is 25.5 Å². The van der Waals surface area contributed by atoms with Crippen LogP contribution in [0.5, 0.6) is 0 Å². The van der Waals surface area contributed by atoms with Gasteiger partial charge in [0.1, 0.15) is 12.1 Å². The van der Waals surface area contributed by atoms with E-state index >= 15 is 0 Å². The minimum atomic E-state index is 0.0844. The highest BCUT2D eigenvalue weighted by molar-refractivity contribution is 5.43. The Bertz CT molecular complexity index is 477. The fraction of sp³-hybridized carbons (Fsp3) is 0.364. The summed E-state index contributed by atoms with van der Waals surface area (Å²) in [6.45, 7) is 4.07. The second kappa shape index (κ2) is 4.30. The number of pyridine rings is 1. The Morgan fingerprint density at radius 3 is 2.88 bits per heavy atom. The highest BCUT2D eigenvalue weighted by Gasteiger charge is 2.12. The summed E-state index contributed by atoms with van der Waals surface area (Å²) in [6.07, 6.45) is 3.47. The van der Waals surface area contributed by atoms with Crippen LogP contribution in [0.1, 0.15) is 24.4 Å². The Morgan fingerprint density at radius 1 is 1.44 bits per heavy atom. The first-order valence-electron chi connectivity index (χ1n) is 5.20. The fourth-order valence-electron chi connectivity index (χ4n) is 1.59. The quantitative estimate of drug-likeness (QED) is 0.850. The minimum Gasteiger partial charge on any atom is -0.360 e. The first kappa shape index (κ1) is 10.6. The van der Waals surface area contributed by atoms with Crippen molar-refractivity contribution in [1.82, 2.24) is 19.7 Å². The molecular formula is C11H15N5. The maximum Gasteiger partial charge on any atom is 0.154 e. The molecule has 1 N–H and O–H groups in total. The summed E-state index contributed by atoms with van der Waals surface area (Å²) in [6, 6.07) is 4.03. The molecule has 1 unspecified atom stereocenters. The summed E-state index contributed by atoms with van der Waals surface area (Å²) >= 11 is 0. The Balaban J connectivity index is 2.17. The van der Waals surface area contributed by atoms with E-state index in [2.05, 4.69) is 20.5 Å². The van der Waals surface area contributed by atoms with E-state index in [9.17, 15) is 0 Å². The van der Waals surface area contributed by atoms with E-state index in [0.717, 1.165) is 17.2 Å². The molecule has 16 heavy (non-hydrogen) atoms. The first-order valence-corrected chi connectivity index (χ1v) is 5.20. The number of nitrogens with one attached hydrogen (secondary N) is 1. The van der Waals surface area contributed by atoms with Crippen LogP contribution >= 0.6 is 0 Å². The average molecular weight is 217 g/mol. The molecule has 84 valence electrons. The third-order valence-corrected chi connectivity index (χ3v) is 2.50. The summed E-state index contributed by atoms with van der Waals surface area (Å²) in [5.41, 5.74) is 1.12. The zero-order valence-corrected chi connectivity index (χ0v) is 9.68. The van der Waals surface area contributed by atoms with Crippen molar-refractivity contribution in [3.8, 4) is 0 Å². The molecule has 0 aliphatic rings. The molecule has 2 aromatic rings. The molecule has 0 saturated carbocycles. The second-order valence-corrected chi connectivity index (χ2v) is 3.83. The highest BCUT2D eigenvalue weighted by Crippen LogP contribution is 2.17. The van der Waals surface area contributed by atoms with Crippen molar-refractivity contribution in [1.29, 1.82) is 0 Å². The third-order valence-electron chi connectivity index (χ3n) is 2.50. The van der Waals surface area contributed by atoms with Gasteiger partial charge in [-0.15, -0.1) is 10.2 Å². The van der Waals surface area contributed by atoms with E-state index in [-0.39, 0.29) is 6.04 Å². The van der Waals surface area contributed by atoms with E-state index in [1.54, 1.807) is 12.5 Å². The van der Waals surface area contributed by atoms with Gasteiger partial charge in [-0.3, -0.25) is 0 Å². The largest absolute Gasteiger partial charge is 0.360 e. The molecule has 0 saturated heterocycles. The van der Waals surface area contributed by atoms with Gasteiger partial charge in [0.05, 0.1) is 6.04 Å². The first-order chi connectivity index (χ1) is 7.68. The van der Waals surface area contributed by atoms with E-state index in [4.69, 9.17) is 0 Å². The van der Waals surface area contributed by atoms with Crippen LogP contribution < -0.4 is 5.32 Å². The van der Waals surface area contributed by atoms with E-state index in [1.165, 1.54) is 0 Å². The Kier molecular flexibility index (Phi) is 2.85. The van der Waals surface area contributed by atoms with Gasteiger partial charge in [-0.1, -0.05) is 6.07 Å². The molecule has 5 nitrogen and oxygen atoms in total. The summed E-state index contributed by atoms with van der Waals surface area (Å²) in [7, 11) is 1.93. The monoisotopic (exact) mass is 217 g/mol. The molecule has 0 bridgehead atoms. The van der Waals surface area contributed by atoms with Gasteiger partial charge in [-0.2, -0.15) is 0 Å². The van der Waals surface area contributed by atoms with Gasteiger partial charge >= 0.3 is 0 Å². The lowest BCUT2D eigenvalue weighted by Gasteiger charge is -2.14. The number of rotatable bonds is 3. The Hall–Kier alpha value is -1.91. The van der Waals surface area contributed by atoms with Crippen LogP contribution in [-0.4, -0.2) is 19.7 Å². The molecule has 2 rings (SSSR count). The maximum absolute atomic E-state index is 4.29. The average Bonchev–Trinajstić information content (AvgIpc) is 2.68. The van der Waals surface area contributed by atoms with Gasteiger partial charge in [0.2, 0.25) is 0 Å². The normalized spacial score (nSPS) is 12.4. The molecule has 0 fully saturated rings. The van der Waals surface area contributed by atoms with Crippen LogP contribution in [0.15, 0.2) is 24.7 Å². The van der Waals surface area contributed by atoms with E-state index in [1.807, 2.05) is 37.6 Å². The maximum atomic E-state index is 4.29. The predicted octanol–water partition coefficient (Wildman–Crippen LogP) is 1.69. The van der Waals surface area contributed by atoms with Crippen LogP contribution in [0, 0.1) is 6.92 Å². The summed E-state index contributed by atoms with van der Waals surface area (Å²) < 4.78 is 1.90. The number of hydrogen-bond acceptors (Lipinski definition) is 4. The molecule has 0 radical (unpaired) electrons. The van der Waals surface area contributed by atoms with Gasteiger partial charge in [0.15, 0.2) is 5.82 Å². The molecule has 0 aliphatic carbocycles. The molecule has 0 aromatic carbocycles.